The van der Waals surface area contributed by atoms with Gasteiger partial charge >= 0.3 is 0 Å². The lowest BCUT2D eigenvalue weighted by Crippen LogP contribution is -2.36. The normalized spacial score (nSPS) is 20.4. The molecule has 1 aromatic carbocycles. The van der Waals surface area contributed by atoms with Crippen molar-refractivity contribution in [3.63, 3.8) is 0 Å². The summed E-state index contributed by atoms with van der Waals surface area (Å²) in [5, 5.41) is 4.39. The molecular formula is C17H27ClN2O. The number of halogens is 1. The Bertz CT molecular complexity index is 470. The molecule has 0 aliphatic carbocycles. The minimum Gasteiger partial charge on any atom is -0.377 e. The maximum Gasteiger partial charge on any atom is 0.0721 e. The molecule has 1 N–H and O–H groups in total. The van der Waals surface area contributed by atoms with E-state index in [1.165, 1.54) is 5.56 Å². The van der Waals surface area contributed by atoms with Gasteiger partial charge in [-0.25, -0.2) is 0 Å². The fraction of sp³-hybridized carbons (Fsp3) is 0.647. The Hall–Kier alpha value is -0.770. The van der Waals surface area contributed by atoms with Crippen LogP contribution in [0.2, 0.25) is 5.02 Å². The summed E-state index contributed by atoms with van der Waals surface area (Å²) in [7, 11) is 0. The predicted octanol–water partition coefficient (Wildman–Crippen LogP) is 3.84. The Kier molecular flexibility index (Phi) is 5.53. The van der Waals surface area contributed by atoms with Gasteiger partial charge in [0.15, 0.2) is 0 Å². The third-order valence-corrected chi connectivity index (χ3v) is 3.95. The number of ether oxygens (including phenoxy) is 1. The first-order valence-corrected chi connectivity index (χ1v) is 8.13. The van der Waals surface area contributed by atoms with Gasteiger partial charge in [0.05, 0.1) is 16.8 Å². The highest BCUT2D eigenvalue weighted by molar-refractivity contribution is 6.33. The first-order valence-electron chi connectivity index (χ1n) is 7.76. The van der Waals surface area contributed by atoms with E-state index in [9.17, 15) is 0 Å². The molecular weight excluding hydrogens is 284 g/mol. The molecule has 0 spiro atoms. The maximum atomic E-state index is 6.50. The molecule has 0 bridgehead atoms. The van der Waals surface area contributed by atoms with Gasteiger partial charge in [-0.3, -0.25) is 0 Å². The van der Waals surface area contributed by atoms with Crippen molar-refractivity contribution in [2.75, 3.05) is 24.6 Å². The third kappa shape index (κ3) is 4.87. The quantitative estimate of drug-likeness (QED) is 0.918. The highest BCUT2D eigenvalue weighted by atomic mass is 35.5. The van der Waals surface area contributed by atoms with Crippen molar-refractivity contribution in [1.29, 1.82) is 0 Å². The molecule has 1 aliphatic heterocycles. The largest absolute Gasteiger partial charge is 0.377 e. The van der Waals surface area contributed by atoms with Gasteiger partial charge in [-0.1, -0.05) is 23.7 Å². The number of hydrogen-bond donors (Lipinski definition) is 1. The van der Waals surface area contributed by atoms with Crippen LogP contribution in [0.1, 0.15) is 39.7 Å². The summed E-state index contributed by atoms with van der Waals surface area (Å²) in [5.74, 6) is 0. The van der Waals surface area contributed by atoms with Gasteiger partial charge in [0.1, 0.15) is 0 Å². The molecule has 4 heteroatoms. The van der Waals surface area contributed by atoms with E-state index in [4.69, 9.17) is 16.3 Å². The molecule has 1 aliphatic rings. The Morgan fingerprint density at radius 1 is 1.38 bits per heavy atom. The molecule has 1 heterocycles. The zero-order valence-electron chi connectivity index (χ0n) is 13.6. The average molecular weight is 311 g/mol. The van der Waals surface area contributed by atoms with E-state index in [0.29, 0.717) is 0 Å². The second-order valence-electron chi connectivity index (χ2n) is 6.83. The number of anilines is 1. The molecule has 1 fully saturated rings. The summed E-state index contributed by atoms with van der Waals surface area (Å²) in [6.07, 6.45) is 1.29. The summed E-state index contributed by atoms with van der Waals surface area (Å²) in [6, 6.07) is 6.17. The van der Waals surface area contributed by atoms with Crippen LogP contribution in [0.5, 0.6) is 0 Å². The van der Waals surface area contributed by atoms with Crippen LogP contribution in [0.25, 0.3) is 0 Å². The molecule has 0 aromatic heterocycles. The van der Waals surface area contributed by atoms with Crippen LogP contribution in [0.4, 0.5) is 5.69 Å². The van der Waals surface area contributed by atoms with Crippen molar-refractivity contribution in [2.45, 2.75) is 52.3 Å². The van der Waals surface area contributed by atoms with Gasteiger partial charge in [0.2, 0.25) is 0 Å². The lowest BCUT2D eigenvalue weighted by Gasteiger charge is -2.29. The van der Waals surface area contributed by atoms with Gasteiger partial charge in [-0.2, -0.15) is 0 Å². The zero-order chi connectivity index (χ0) is 15.5. The standard InChI is InChI=1S/C17H27ClN2O/c1-13-12-20(9-6-10-21-13)16-14(7-5-8-15(16)18)11-19-17(2,3)4/h5,7-8,13,19H,6,9-12H2,1-4H3. The molecule has 1 aromatic rings. The Morgan fingerprint density at radius 3 is 2.86 bits per heavy atom. The number of nitrogens with one attached hydrogen (secondary N) is 1. The smallest absolute Gasteiger partial charge is 0.0721 e. The summed E-state index contributed by atoms with van der Waals surface area (Å²) >= 11 is 6.50. The van der Waals surface area contributed by atoms with Crippen molar-refractivity contribution in [2.24, 2.45) is 0 Å². The van der Waals surface area contributed by atoms with Crippen LogP contribution in [0, 0.1) is 0 Å². The number of hydrogen-bond acceptors (Lipinski definition) is 3. The molecule has 21 heavy (non-hydrogen) atoms. The van der Waals surface area contributed by atoms with Gasteiger partial charge in [0.25, 0.3) is 0 Å². The minimum atomic E-state index is 0.0920. The molecule has 0 amide bonds. The van der Waals surface area contributed by atoms with Gasteiger partial charge in [0, 0.05) is 31.8 Å². The van der Waals surface area contributed by atoms with E-state index in [1.807, 2.05) is 12.1 Å². The molecule has 0 saturated carbocycles. The number of rotatable bonds is 3. The molecule has 0 radical (unpaired) electrons. The van der Waals surface area contributed by atoms with Gasteiger partial charge in [-0.15, -0.1) is 0 Å². The molecule has 118 valence electrons. The van der Waals surface area contributed by atoms with Crippen LogP contribution < -0.4 is 10.2 Å². The van der Waals surface area contributed by atoms with Crippen LogP contribution >= 0.6 is 11.6 Å². The van der Waals surface area contributed by atoms with Crippen molar-refractivity contribution in [1.82, 2.24) is 5.32 Å². The van der Waals surface area contributed by atoms with Gasteiger partial charge < -0.3 is 15.0 Å². The summed E-state index contributed by atoms with van der Waals surface area (Å²) < 4.78 is 5.75. The first kappa shape index (κ1) is 16.6. The SMILES string of the molecule is CC1CN(c2c(Cl)cccc2CNC(C)(C)C)CCCO1. The Morgan fingerprint density at radius 2 is 2.14 bits per heavy atom. The van der Waals surface area contributed by atoms with Crippen LogP contribution in [0.15, 0.2) is 18.2 Å². The van der Waals surface area contributed by atoms with Crippen molar-refractivity contribution < 1.29 is 4.74 Å². The first-order chi connectivity index (χ1) is 9.87. The fourth-order valence-electron chi connectivity index (χ4n) is 2.61. The number of nitrogens with zero attached hydrogens (tertiary/aromatic N) is 1. The highest BCUT2D eigenvalue weighted by Gasteiger charge is 2.20. The summed E-state index contributed by atoms with van der Waals surface area (Å²) in [4.78, 5) is 2.37. The monoisotopic (exact) mass is 310 g/mol. The predicted molar refractivity (Wildman–Crippen MR) is 90.3 cm³/mol. The van der Waals surface area contributed by atoms with E-state index in [2.05, 4.69) is 44.0 Å². The van der Waals surface area contributed by atoms with E-state index in [0.717, 1.165) is 43.4 Å². The van der Waals surface area contributed by atoms with Gasteiger partial charge in [-0.05, 0) is 45.7 Å². The van der Waals surface area contributed by atoms with Crippen molar-refractivity contribution in [3.05, 3.63) is 28.8 Å². The van der Waals surface area contributed by atoms with E-state index in [1.54, 1.807) is 0 Å². The molecule has 1 saturated heterocycles. The van der Waals surface area contributed by atoms with Crippen molar-refractivity contribution in [3.8, 4) is 0 Å². The number of benzene rings is 1. The average Bonchev–Trinajstić information content (AvgIpc) is 2.60. The van der Waals surface area contributed by atoms with E-state index in [-0.39, 0.29) is 11.6 Å². The topological polar surface area (TPSA) is 24.5 Å². The summed E-state index contributed by atoms with van der Waals surface area (Å²) in [5.41, 5.74) is 2.51. The number of para-hydroxylation sites is 1. The lowest BCUT2D eigenvalue weighted by molar-refractivity contribution is 0.0821. The molecule has 2 rings (SSSR count). The van der Waals surface area contributed by atoms with Crippen LogP contribution in [-0.2, 0) is 11.3 Å². The molecule has 3 nitrogen and oxygen atoms in total. The Balaban J connectivity index is 2.24. The van der Waals surface area contributed by atoms with Crippen LogP contribution in [-0.4, -0.2) is 31.3 Å². The van der Waals surface area contributed by atoms with Crippen molar-refractivity contribution >= 4 is 17.3 Å². The molecule has 1 unspecified atom stereocenters. The molecule has 1 atom stereocenters. The lowest BCUT2D eigenvalue weighted by atomic mass is 10.1. The fourth-order valence-corrected chi connectivity index (χ4v) is 2.93. The highest BCUT2D eigenvalue weighted by Crippen LogP contribution is 2.31. The maximum absolute atomic E-state index is 6.50. The minimum absolute atomic E-state index is 0.0920. The van der Waals surface area contributed by atoms with E-state index >= 15 is 0 Å². The summed E-state index contributed by atoms with van der Waals surface area (Å²) in [6.45, 7) is 12.2. The third-order valence-electron chi connectivity index (χ3n) is 3.65. The Labute approximate surface area is 133 Å². The second kappa shape index (κ2) is 6.99. The zero-order valence-corrected chi connectivity index (χ0v) is 14.3. The van der Waals surface area contributed by atoms with Crippen LogP contribution in [0.3, 0.4) is 0 Å². The van der Waals surface area contributed by atoms with E-state index < -0.39 is 0 Å². The second-order valence-corrected chi connectivity index (χ2v) is 7.24.